The van der Waals surface area contributed by atoms with Gasteiger partial charge in [-0.1, -0.05) is 26.0 Å². The minimum Gasteiger partial charge on any atom is -0.353 e. The van der Waals surface area contributed by atoms with Crippen LogP contribution in [0.3, 0.4) is 0 Å². The number of carbonyl (C=O) groups excluding carboxylic acids is 4. The van der Waals surface area contributed by atoms with E-state index in [-0.39, 0.29) is 48.4 Å². The summed E-state index contributed by atoms with van der Waals surface area (Å²) in [4.78, 5) is 51.6. The van der Waals surface area contributed by atoms with E-state index in [1.807, 2.05) is 26.0 Å². The van der Waals surface area contributed by atoms with Gasteiger partial charge >= 0.3 is 0 Å². The zero-order valence-corrected chi connectivity index (χ0v) is 18.7. The maximum absolute atomic E-state index is 13.2. The lowest BCUT2D eigenvalue weighted by atomic mass is 9.95. The van der Waals surface area contributed by atoms with E-state index in [9.17, 15) is 24.4 Å². The first-order valence-corrected chi connectivity index (χ1v) is 10.8. The van der Waals surface area contributed by atoms with Crippen molar-refractivity contribution in [3.63, 3.8) is 0 Å². The second-order valence-corrected chi connectivity index (χ2v) is 8.85. The van der Waals surface area contributed by atoms with Crippen LogP contribution in [0.2, 0.25) is 0 Å². The topological polar surface area (TPSA) is 131 Å². The first-order valence-electron chi connectivity index (χ1n) is 10.8. The average molecular weight is 432 g/mol. The third-order valence-corrected chi connectivity index (χ3v) is 5.73. The molecule has 0 aromatic heterocycles. The van der Waals surface area contributed by atoms with Crippen molar-refractivity contribution in [1.29, 1.82) is 5.26 Å². The number of likely N-dealkylation sites (N-methyl/N-ethyl adjacent to an activating group) is 1. The number of rotatable bonds is 3. The molecule has 2 rings (SSSR count). The van der Waals surface area contributed by atoms with Crippen molar-refractivity contribution in [2.75, 3.05) is 7.05 Å². The first-order chi connectivity index (χ1) is 14.6. The smallest absolute Gasteiger partial charge is 0.245 e. The van der Waals surface area contributed by atoms with E-state index in [0.29, 0.717) is 19.3 Å². The third-order valence-electron chi connectivity index (χ3n) is 5.73. The molecule has 9 nitrogen and oxygen atoms in total. The second-order valence-electron chi connectivity index (χ2n) is 8.85. The summed E-state index contributed by atoms with van der Waals surface area (Å²) >= 11 is 0. The Balaban J connectivity index is 2.36. The van der Waals surface area contributed by atoms with Crippen molar-refractivity contribution < 1.29 is 19.2 Å². The van der Waals surface area contributed by atoms with Crippen LogP contribution >= 0.6 is 0 Å². The molecule has 2 aliphatic rings. The van der Waals surface area contributed by atoms with Crippen molar-refractivity contribution >= 4 is 23.6 Å². The van der Waals surface area contributed by atoms with Gasteiger partial charge in [0, 0.05) is 25.9 Å². The highest BCUT2D eigenvalue weighted by Crippen LogP contribution is 2.23. The van der Waals surface area contributed by atoms with Crippen molar-refractivity contribution in [3.05, 3.63) is 12.2 Å². The van der Waals surface area contributed by atoms with Gasteiger partial charge in [0.25, 0.3) is 0 Å². The minimum absolute atomic E-state index is 0.0554. The van der Waals surface area contributed by atoms with E-state index in [1.54, 1.807) is 7.05 Å². The molecule has 9 heteroatoms. The zero-order valence-electron chi connectivity index (χ0n) is 18.7. The molecular weight excluding hydrogens is 398 g/mol. The standard InChI is InChI=1S/C22H33N5O4/c1-13(2)9-19-21(30)26-17(12-23)11-15-10-16(25-20(15)29)7-5-6-8-18(24-14(3)28)22(31)27(19)4/h5-6,13,15-19H,7-11H2,1-4H3,(H,24,28)(H,25,29)(H,26,30)/b6-5+. The summed E-state index contributed by atoms with van der Waals surface area (Å²) in [5, 5.41) is 17.9. The van der Waals surface area contributed by atoms with Gasteiger partial charge in [-0.05, 0) is 38.0 Å². The van der Waals surface area contributed by atoms with E-state index < -0.39 is 24.0 Å². The molecule has 2 aliphatic heterocycles. The van der Waals surface area contributed by atoms with Crippen LogP contribution in [0.5, 0.6) is 0 Å². The molecule has 5 unspecified atom stereocenters. The average Bonchev–Trinajstić information content (AvgIpc) is 3.04. The summed E-state index contributed by atoms with van der Waals surface area (Å²) in [5.41, 5.74) is 0. The van der Waals surface area contributed by atoms with E-state index in [4.69, 9.17) is 0 Å². The predicted octanol–water partition coefficient (Wildman–Crippen LogP) is 0.617. The third kappa shape index (κ3) is 6.81. The summed E-state index contributed by atoms with van der Waals surface area (Å²) in [7, 11) is 1.54. The summed E-state index contributed by atoms with van der Waals surface area (Å²) in [6.07, 6.45) is 5.81. The largest absolute Gasteiger partial charge is 0.353 e. The van der Waals surface area contributed by atoms with E-state index in [1.165, 1.54) is 11.8 Å². The number of nitrogens with one attached hydrogen (secondary N) is 3. The fourth-order valence-electron chi connectivity index (χ4n) is 4.13. The van der Waals surface area contributed by atoms with E-state index >= 15 is 0 Å². The Morgan fingerprint density at radius 3 is 2.48 bits per heavy atom. The summed E-state index contributed by atoms with van der Waals surface area (Å²) in [6.45, 7) is 5.23. The van der Waals surface area contributed by atoms with Crippen LogP contribution < -0.4 is 16.0 Å². The van der Waals surface area contributed by atoms with Crippen LogP contribution in [0.25, 0.3) is 0 Å². The maximum Gasteiger partial charge on any atom is 0.245 e. The molecule has 5 atom stereocenters. The SMILES string of the molecule is CC(=O)NC1C/C=C/CC2CC(CC(C#N)NC(=O)C(CC(C)C)N(C)C1=O)C(=O)N2. The van der Waals surface area contributed by atoms with Gasteiger partial charge in [0.15, 0.2) is 0 Å². The second kappa shape index (κ2) is 10.9. The van der Waals surface area contributed by atoms with Crippen LogP contribution in [-0.2, 0) is 19.2 Å². The molecule has 3 N–H and O–H groups in total. The van der Waals surface area contributed by atoms with E-state index in [2.05, 4.69) is 22.0 Å². The fraction of sp³-hybridized carbons (Fsp3) is 0.682. The van der Waals surface area contributed by atoms with Gasteiger partial charge in [-0.25, -0.2) is 0 Å². The van der Waals surface area contributed by atoms with Gasteiger partial charge < -0.3 is 20.9 Å². The van der Waals surface area contributed by atoms with Crippen molar-refractivity contribution in [3.8, 4) is 6.07 Å². The van der Waals surface area contributed by atoms with Crippen LogP contribution in [0.15, 0.2) is 12.2 Å². The van der Waals surface area contributed by atoms with Crippen LogP contribution in [0, 0.1) is 23.2 Å². The lowest BCUT2D eigenvalue weighted by Gasteiger charge is -2.32. The Bertz CT molecular complexity index is 772. The first kappa shape index (κ1) is 24.4. The van der Waals surface area contributed by atoms with Crippen molar-refractivity contribution in [2.45, 2.75) is 77.0 Å². The molecule has 0 radical (unpaired) electrons. The number of hydrogen-bond acceptors (Lipinski definition) is 5. The maximum atomic E-state index is 13.2. The highest BCUT2D eigenvalue weighted by Gasteiger charge is 2.36. The van der Waals surface area contributed by atoms with E-state index in [0.717, 1.165) is 0 Å². The zero-order chi connectivity index (χ0) is 23.1. The summed E-state index contributed by atoms with van der Waals surface area (Å²) < 4.78 is 0. The van der Waals surface area contributed by atoms with Gasteiger partial charge in [0.1, 0.15) is 18.1 Å². The Hall–Kier alpha value is -2.89. The number of fused-ring (bicyclic) bond motifs is 2. The number of amides is 4. The van der Waals surface area contributed by atoms with Gasteiger partial charge in [0.2, 0.25) is 23.6 Å². The predicted molar refractivity (Wildman–Crippen MR) is 114 cm³/mol. The van der Waals surface area contributed by atoms with Crippen LogP contribution in [-0.4, -0.2) is 59.7 Å². The molecule has 0 spiro atoms. The highest BCUT2D eigenvalue weighted by atomic mass is 16.2. The summed E-state index contributed by atoms with van der Waals surface area (Å²) in [6, 6.07) is -0.398. The lowest BCUT2D eigenvalue weighted by molar-refractivity contribution is -0.142. The molecule has 1 saturated heterocycles. The molecule has 2 heterocycles. The number of nitriles is 1. The fourth-order valence-corrected chi connectivity index (χ4v) is 4.13. The molecule has 4 amide bonds. The highest BCUT2D eigenvalue weighted by molar-refractivity contribution is 5.92. The molecule has 0 aromatic rings. The molecular formula is C22H33N5O4. The summed E-state index contributed by atoms with van der Waals surface area (Å²) in [5.74, 6) is -1.46. The van der Waals surface area contributed by atoms with Crippen molar-refractivity contribution in [2.24, 2.45) is 11.8 Å². The molecule has 0 aromatic carbocycles. The molecule has 31 heavy (non-hydrogen) atoms. The number of nitrogens with zero attached hydrogens (tertiary/aromatic N) is 2. The minimum atomic E-state index is -0.827. The van der Waals surface area contributed by atoms with Gasteiger partial charge in [-0.15, -0.1) is 0 Å². The van der Waals surface area contributed by atoms with Crippen LogP contribution in [0.4, 0.5) is 0 Å². The lowest BCUT2D eigenvalue weighted by Crippen LogP contribution is -2.55. The Labute approximate surface area is 183 Å². The molecule has 1 fully saturated rings. The molecule has 0 aliphatic carbocycles. The molecule has 170 valence electrons. The van der Waals surface area contributed by atoms with Gasteiger partial charge in [-0.3, -0.25) is 19.2 Å². The quantitative estimate of drug-likeness (QED) is 0.564. The van der Waals surface area contributed by atoms with Crippen molar-refractivity contribution in [1.82, 2.24) is 20.9 Å². The van der Waals surface area contributed by atoms with Crippen LogP contribution in [0.1, 0.15) is 52.9 Å². The monoisotopic (exact) mass is 431 g/mol. The normalized spacial score (nSPS) is 31.2. The Kier molecular flexibility index (Phi) is 8.60. The number of hydrogen-bond donors (Lipinski definition) is 3. The Morgan fingerprint density at radius 2 is 1.87 bits per heavy atom. The van der Waals surface area contributed by atoms with Gasteiger partial charge in [0.05, 0.1) is 6.07 Å². The molecule has 0 saturated carbocycles. The molecule has 2 bridgehead atoms. The Morgan fingerprint density at radius 1 is 1.19 bits per heavy atom. The van der Waals surface area contributed by atoms with Gasteiger partial charge in [-0.2, -0.15) is 5.26 Å². The number of carbonyl (C=O) groups is 4.